The number of non-ortho nitro benzene ring substituents is 1. The molecule has 0 saturated heterocycles. The third-order valence-corrected chi connectivity index (χ3v) is 4.78. The predicted octanol–water partition coefficient (Wildman–Crippen LogP) is 2.10. The first kappa shape index (κ1) is 16.4. The highest BCUT2D eigenvalue weighted by Gasteiger charge is 2.27. The maximum absolute atomic E-state index is 12.3. The second-order valence-electron chi connectivity index (χ2n) is 5.03. The molecule has 0 unspecified atom stereocenters. The molecule has 7 nitrogen and oxygen atoms in total. The largest absolute Gasteiger partial charge is 0.387 e. The Balaban J connectivity index is 3.28. The average Bonchev–Trinajstić information content (AvgIpc) is 2.36. The molecule has 0 saturated carbocycles. The summed E-state index contributed by atoms with van der Waals surface area (Å²) >= 11 is 0. The van der Waals surface area contributed by atoms with Gasteiger partial charge in [-0.25, -0.2) is 13.1 Å². The Bertz CT molecular complexity index is 611. The first-order valence-corrected chi connectivity index (χ1v) is 7.61. The second-order valence-corrected chi connectivity index (χ2v) is 6.68. The number of anilines is 1. The van der Waals surface area contributed by atoms with Crippen molar-refractivity contribution in [3.63, 3.8) is 0 Å². The zero-order valence-corrected chi connectivity index (χ0v) is 12.7. The summed E-state index contributed by atoms with van der Waals surface area (Å²) in [7, 11) is -2.23. The number of sulfonamides is 1. The molecule has 2 N–H and O–H groups in total. The highest BCUT2D eigenvalue weighted by atomic mass is 32.2. The van der Waals surface area contributed by atoms with Gasteiger partial charge in [-0.3, -0.25) is 10.1 Å². The van der Waals surface area contributed by atoms with Gasteiger partial charge in [0.25, 0.3) is 5.69 Å². The Labute approximate surface area is 118 Å². The van der Waals surface area contributed by atoms with Gasteiger partial charge in [0.2, 0.25) is 10.0 Å². The maximum atomic E-state index is 12.3. The van der Waals surface area contributed by atoms with E-state index in [1.165, 1.54) is 25.2 Å². The first-order valence-electron chi connectivity index (χ1n) is 6.13. The monoisotopic (exact) mass is 301 g/mol. The third-order valence-electron chi connectivity index (χ3n) is 3.03. The molecule has 0 aliphatic rings. The van der Waals surface area contributed by atoms with Gasteiger partial charge in [0.1, 0.15) is 4.90 Å². The van der Waals surface area contributed by atoms with Crippen LogP contribution >= 0.6 is 0 Å². The fourth-order valence-corrected chi connectivity index (χ4v) is 3.23. The molecule has 0 aliphatic heterocycles. The van der Waals surface area contributed by atoms with Gasteiger partial charge in [-0.2, -0.15) is 0 Å². The molecule has 20 heavy (non-hydrogen) atoms. The maximum Gasteiger partial charge on any atom is 0.271 e. The summed E-state index contributed by atoms with van der Waals surface area (Å²) in [6, 6.07) is 3.61. The molecular weight excluding hydrogens is 282 g/mol. The number of hydrogen-bond donors (Lipinski definition) is 2. The standard InChI is InChI=1S/C12H19N3O4S/c1-5-12(2,3)14-20(18,19)11-7-6-9(15(16)17)8-10(11)13-4/h6-8,13-14H,5H2,1-4H3. The average molecular weight is 301 g/mol. The van der Waals surface area contributed by atoms with Crippen LogP contribution in [0.2, 0.25) is 0 Å². The number of nitro groups is 1. The first-order chi connectivity index (χ1) is 9.13. The summed E-state index contributed by atoms with van der Waals surface area (Å²) in [5.74, 6) is 0. The molecule has 1 aromatic carbocycles. The van der Waals surface area contributed by atoms with E-state index in [4.69, 9.17) is 0 Å². The zero-order valence-electron chi connectivity index (χ0n) is 11.9. The van der Waals surface area contributed by atoms with Gasteiger partial charge in [-0.15, -0.1) is 0 Å². The Hall–Kier alpha value is -1.67. The van der Waals surface area contributed by atoms with Crippen LogP contribution in [-0.4, -0.2) is 25.9 Å². The minimum absolute atomic E-state index is 0.00729. The highest BCUT2D eigenvalue weighted by molar-refractivity contribution is 7.89. The van der Waals surface area contributed by atoms with E-state index in [0.29, 0.717) is 6.42 Å². The van der Waals surface area contributed by atoms with Crippen molar-refractivity contribution in [2.24, 2.45) is 0 Å². The van der Waals surface area contributed by atoms with Crippen LogP contribution < -0.4 is 10.0 Å². The number of rotatable bonds is 6. The third kappa shape index (κ3) is 3.67. The van der Waals surface area contributed by atoms with Crippen molar-refractivity contribution in [1.82, 2.24) is 4.72 Å². The Kier molecular flexibility index (Phi) is 4.72. The van der Waals surface area contributed by atoms with Gasteiger partial charge in [0, 0.05) is 24.7 Å². The Morgan fingerprint density at radius 2 is 1.95 bits per heavy atom. The smallest absolute Gasteiger partial charge is 0.271 e. The van der Waals surface area contributed by atoms with E-state index >= 15 is 0 Å². The molecule has 1 aromatic rings. The van der Waals surface area contributed by atoms with Crippen LogP contribution in [0.5, 0.6) is 0 Å². The number of nitrogens with one attached hydrogen (secondary N) is 2. The van der Waals surface area contributed by atoms with Gasteiger partial charge in [0.15, 0.2) is 0 Å². The molecule has 0 radical (unpaired) electrons. The summed E-state index contributed by atoms with van der Waals surface area (Å²) in [6.45, 7) is 5.42. The Morgan fingerprint density at radius 3 is 2.40 bits per heavy atom. The molecular formula is C12H19N3O4S. The number of nitrogens with zero attached hydrogens (tertiary/aromatic N) is 1. The van der Waals surface area contributed by atoms with Crippen LogP contribution in [0, 0.1) is 10.1 Å². The van der Waals surface area contributed by atoms with Crippen molar-refractivity contribution in [2.45, 2.75) is 37.6 Å². The summed E-state index contributed by atoms with van der Waals surface area (Å²) in [4.78, 5) is 10.1. The van der Waals surface area contributed by atoms with Crippen LogP contribution in [0.15, 0.2) is 23.1 Å². The molecule has 112 valence electrons. The van der Waals surface area contributed by atoms with E-state index in [1.807, 2.05) is 6.92 Å². The van der Waals surface area contributed by atoms with Crippen molar-refractivity contribution in [2.75, 3.05) is 12.4 Å². The van der Waals surface area contributed by atoms with Gasteiger partial charge in [-0.05, 0) is 26.3 Å². The van der Waals surface area contributed by atoms with Crippen molar-refractivity contribution in [3.05, 3.63) is 28.3 Å². The normalized spacial score (nSPS) is 12.2. The lowest BCUT2D eigenvalue weighted by Crippen LogP contribution is -2.42. The van der Waals surface area contributed by atoms with E-state index in [1.54, 1.807) is 13.8 Å². The van der Waals surface area contributed by atoms with Crippen LogP contribution in [0.25, 0.3) is 0 Å². The summed E-state index contributed by atoms with van der Waals surface area (Å²) in [5.41, 5.74) is -0.562. The number of benzene rings is 1. The molecule has 0 fully saturated rings. The molecule has 0 bridgehead atoms. The highest BCUT2D eigenvalue weighted by Crippen LogP contribution is 2.27. The zero-order chi connectivity index (χ0) is 15.6. The molecule has 0 heterocycles. The molecule has 0 amide bonds. The fraction of sp³-hybridized carbons (Fsp3) is 0.500. The van der Waals surface area contributed by atoms with Crippen LogP contribution in [0.3, 0.4) is 0 Å². The van der Waals surface area contributed by atoms with Crippen molar-refractivity contribution in [3.8, 4) is 0 Å². The molecule has 0 spiro atoms. The van der Waals surface area contributed by atoms with E-state index < -0.39 is 20.5 Å². The van der Waals surface area contributed by atoms with Gasteiger partial charge >= 0.3 is 0 Å². The van der Waals surface area contributed by atoms with E-state index in [9.17, 15) is 18.5 Å². The lowest BCUT2D eigenvalue weighted by atomic mass is 10.0. The van der Waals surface area contributed by atoms with Crippen molar-refractivity contribution >= 4 is 21.4 Å². The van der Waals surface area contributed by atoms with Gasteiger partial charge < -0.3 is 5.32 Å². The lowest BCUT2D eigenvalue weighted by molar-refractivity contribution is -0.384. The minimum atomic E-state index is -3.75. The molecule has 0 aliphatic carbocycles. The van der Waals surface area contributed by atoms with E-state index in [-0.39, 0.29) is 16.3 Å². The number of hydrogen-bond acceptors (Lipinski definition) is 5. The fourth-order valence-electron chi connectivity index (χ4n) is 1.55. The SMILES string of the molecule is CCC(C)(C)NS(=O)(=O)c1ccc([N+](=O)[O-])cc1NC. The lowest BCUT2D eigenvalue weighted by Gasteiger charge is -2.24. The van der Waals surface area contributed by atoms with Gasteiger partial charge in [-0.1, -0.05) is 6.92 Å². The second kappa shape index (κ2) is 5.76. The van der Waals surface area contributed by atoms with E-state index in [0.717, 1.165) is 0 Å². The predicted molar refractivity (Wildman–Crippen MR) is 77.3 cm³/mol. The van der Waals surface area contributed by atoms with Crippen LogP contribution in [0.1, 0.15) is 27.2 Å². The molecule has 0 atom stereocenters. The summed E-state index contributed by atoms with van der Waals surface area (Å²) in [5, 5.41) is 13.4. The van der Waals surface area contributed by atoms with Crippen molar-refractivity contribution in [1.29, 1.82) is 0 Å². The van der Waals surface area contributed by atoms with Crippen LogP contribution in [0.4, 0.5) is 11.4 Å². The van der Waals surface area contributed by atoms with Crippen LogP contribution in [-0.2, 0) is 10.0 Å². The quantitative estimate of drug-likeness (QED) is 0.619. The van der Waals surface area contributed by atoms with E-state index in [2.05, 4.69) is 10.0 Å². The summed E-state index contributed by atoms with van der Waals surface area (Å²) in [6.07, 6.45) is 0.619. The molecule has 0 aromatic heterocycles. The van der Waals surface area contributed by atoms with Gasteiger partial charge in [0.05, 0.1) is 10.6 Å². The molecule has 1 rings (SSSR count). The number of nitro benzene ring substituents is 1. The minimum Gasteiger partial charge on any atom is -0.387 e. The topological polar surface area (TPSA) is 101 Å². The van der Waals surface area contributed by atoms with Crippen molar-refractivity contribution < 1.29 is 13.3 Å². The molecule has 8 heteroatoms. The summed E-state index contributed by atoms with van der Waals surface area (Å²) < 4.78 is 27.3. The Morgan fingerprint density at radius 1 is 1.35 bits per heavy atom.